The number of rotatable bonds is 4. The minimum atomic E-state index is -1.62. The normalized spacial score (nSPS) is 10.0. The van der Waals surface area contributed by atoms with Crippen molar-refractivity contribution in [2.24, 2.45) is 0 Å². The molecule has 0 saturated heterocycles. The quantitative estimate of drug-likeness (QED) is 0.775. The Labute approximate surface area is 128 Å². The third-order valence-electron chi connectivity index (χ3n) is 2.26. The average Bonchev–Trinajstić information content (AvgIpc) is 2.46. The molecule has 0 aliphatic heterocycles. The summed E-state index contributed by atoms with van der Waals surface area (Å²) in [7, 11) is 0. The second kappa shape index (κ2) is 6.33. The van der Waals surface area contributed by atoms with Gasteiger partial charge in [0.25, 0.3) is 5.91 Å². The Kier molecular flexibility index (Phi) is 4.51. The van der Waals surface area contributed by atoms with Gasteiger partial charge in [0.05, 0.1) is 21.7 Å². The molecule has 1 amide bonds. The molecule has 0 radical (unpaired) electrons. The minimum absolute atomic E-state index is 0.169. The van der Waals surface area contributed by atoms with Gasteiger partial charge in [0.1, 0.15) is 5.69 Å². The molecule has 0 fully saturated rings. The molecule has 0 spiro atoms. The second-order valence-corrected chi connectivity index (χ2v) is 4.41. The first-order valence-electron chi connectivity index (χ1n) is 5.38. The van der Waals surface area contributed by atoms with Gasteiger partial charge in [0.15, 0.2) is 5.69 Å². The van der Waals surface area contributed by atoms with E-state index < -0.39 is 23.3 Å². The van der Waals surface area contributed by atoms with Crippen LogP contribution in [0.2, 0.25) is 10.0 Å². The van der Waals surface area contributed by atoms with Crippen molar-refractivity contribution in [3.63, 3.8) is 0 Å². The van der Waals surface area contributed by atoms with Crippen LogP contribution in [0.15, 0.2) is 24.8 Å². The molecule has 2 rings (SSSR count). The monoisotopic (exact) mass is 326 g/mol. The van der Waals surface area contributed by atoms with Crippen LogP contribution in [-0.4, -0.2) is 26.8 Å². The molecule has 0 unspecified atom stereocenters. The van der Waals surface area contributed by atoms with E-state index in [2.05, 4.69) is 25.8 Å². The second-order valence-electron chi connectivity index (χ2n) is 3.60. The lowest BCUT2D eigenvalue weighted by Gasteiger charge is -2.12. The van der Waals surface area contributed by atoms with Crippen LogP contribution in [0.3, 0.4) is 0 Å². The van der Waals surface area contributed by atoms with Gasteiger partial charge in [-0.15, -0.1) is 0 Å². The Morgan fingerprint density at radius 3 is 2.19 bits per heavy atom. The molecule has 0 aromatic carbocycles. The number of hydrogen-bond acceptors (Lipinski definition) is 7. The van der Waals surface area contributed by atoms with E-state index in [9.17, 15) is 14.7 Å². The lowest BCUT2D eigenvalue weighted by Crippen LogP contribution is -2.34. The maximum absolute atomic E-state index is 11.9. The number of amides is 1. The summed E-state index contributed by atoms with van der Waals surface area (Å²) in [5.41, 5.74) is 3.89. The summed E-state index contributed by atoms with van der Waals surface area (Å²) in [5.74, 6) is -2.46. The molecule has 0 bridgehead atoms. The summed E-state index contributed by atoms with van der Waals surface area (Å²) in [5, 5.41) is 11.2. The van der Waals surface area contributed by atoms with E-state index in [1.807, 2.05) is 0 Å². The Morgan fingerprint density at radius 1 is 1.05 bits per heavy atom. The molecule has 0 aliphatic carbocycles. The van der Waals surface area contributed by atoms with E-state index >= 15 is 0 Å². The summed E-state index contributed by atoms with van der Waals surface area (Å²) >= 11 is 11.7. The number of halogens is 2. The number of carbonyl (C=O) groups excluding carboxylic acids is 2. The molecule has 0 atom stereocenters. The van der Waals surface area contributed by atoms with Crippen LogP contribution in [0.25, 0.3) is 0 Å². The number of hydrogen-bond donors (Lipinski definition) is 2. The van der Waals surface area contributed by atoms with Gasteiger partial charge in [-0.1, -0.05) is 23.2 Å². The lowest BCUT2D eigenvalue weighted by atomic mass is 10.3. The SMILES string of the molecule is O=C([O-])c1nccnc1C(=O)NNc1c(Cl)cncc1Cl. The van der Waals surface area contributed by atoms with Crippen molar-refractivity contribution < 1.29 is 14.7 Å². The van der Waals surface area contributed by atoms with Crippen LogP contribution in [0, 0.1) is 0 Å². The summed E-state index contributed by atoms with van der Waals surface area (Å²) in [6.45, 7) is 0. The van der Waals surface area contributed by atoms with Crippen LogP contribution in [-0.2, 0) is 0 Å². The van der Waals surface area contributed by atoms with Crippen molar-refractivity contribution in [2.75, 3.05) is 5.43 Å². The highest BCUT2D eigenvalue weighted by Gasteiger charge is 2.15. The fourth-order valence-corrected chi connectivity index (χ4v) is 1.82. The van der Waals surface area contributed by atoms with E-state index in [4.69, 9.17) is 23.2 Å². The highest BCUT2D eigenvalue weighted by molar-refractivity contribution is 6.38. The van der Waals surface area contributed by atoms with Crippen LogP contribution >= 0.6 is 23.2 Å². The first-order chi connectivity index (χ1) is 10.0. The molecule has 2 aromatic heterocycles. The molecular formula is C11H6Cl2N5O3-. The lowest BCUT2D eigenvalue weighted by molar-refractivity contribution is -0.255. The van der Waals surface area contributed by atoms with Crippen LogP contribution in [0.4, 0.5) is 5.69 Å². The van der Waals surface area contributed by atoms with Crippen LogP contribution < -0.4 is 16.0 Å². The molecule has 2 N–H and O–H groups in total. The summed E-state index contributed by atoms with van der Waals surface area (Å²) < 4.78 is 0. The molecule has 2 heterocycles. The first-order valence-corrected chi connectivity index (χ1v) is 6.14. The number of carboxylic acid groups (broad SMARTS) is 1. The summed E-state index contributed by atoms with van der Waals surface area (Å²) in [6, 6.07) is 0. The van der Waals surface area contributed by atoms with Crippen molar-refractivity contribution >= 4 is 40.8 Å². The number of pyridine rings is 1. The van der Waals surface area contributed by atoms with Gasteiger partial charge < -0.3 is 9.90 Å². The third kappa shape index (κ3) is 3.36. The largest absolute Gasteiger partial charge is 0.543 e. The number of hydrazine groups is 1. The van der Waals surface area contributed by atoms with Crippen molar-refractivity contribution in [3.8, 4) is 0 Å². The Morgan fingerprint density at radius 2 is 1.62 bits per heavy atom. The minimum Gasteiger partial charge on any atom is -0.543 e. The zero-order valence-electron chi connectivity index (χ0n) is 10.1. The predicted molar refractivity (Wildman–Crippen MR) is 71.7 cm³/mol. The number of nitrogens with zero attached hydrogens (tertiary/aromatic N) is 3. The standard InChI is InChI=1S/C11H7Cl2N5O3/c12-5-3-14-4-6(13)7(5)17-18-10(19)8-9(11(20)21)16-2-1-15-8/h1-4H,(H,14,17)(H,18,19)(H,20,21)/p-1. The molecular weight excluding hydrogens is 321 g/mol. The molecule has 21 heavy (non-hydrogen) atoms. The maximum atomic E-state index is 11.9. The van der Waals surface area contributed by atoms with Crippen LogP contribution in [0.1, 0.15) is 21.0 Å². The Bertz CT molecular complexity index is 690. The zero-order valence-corrected chi connectivity index (χ0v) is 11.6. The highest BCUT2D eigenvalue weighted by Crippen LogP contribution is 2.27. The topological polar surface area (TPSA) is 120 Å². The smallest absolute Gasteiger partial charge is 0.290 e. The fraction of sp³-hybridized carbons (Fsp3) is 0. The van der Waals surface area contributed by atoms with Gasteiger partial charge in [-0.05, 0) is 0 Å². The van der Waals surface area contributed by atoms with Gasteiger partial charge in [-0.3, -0.25) is 25.6 Å². The highest BCUT2D eigenvalue weighted by atomic mass is 35.5. The van der Waals surface area contributed by atoms with Gasteiger partial charge in [0.2, 0.25) is 0 Å². The average molecular weight is 327 g/mol. The van der Waals surface area contributed by atoms with Crippen molar-refractivity contribution in [1.82, 2.24) is 20.4 Å². The Balaban J connectivity index is 2.18. The number of carboxylic acids is 1. The van der Waals surface area contributed by atoms with E-state index in [0.717, 1.165) is 6.20 Å². The van der Waals surface area contributed by atoms with Crippen LogP contribution in [0.5, 0.6) is 0 Å². The molecule has 10 heteroatoms. The van der Waals surface area contributed by atoms with Gasteiger partial charge in [-0.2, -0.15) is 0 Å². The zero-order chi connectivity index (χ0) is 15.4. The van der Waals surface area contributed by atoms with Gasteiger partial charge in [0, 0.05) is 24.8 Å². The maximum Gasteiger partial charge on any atom is 0.290 e. The molecule has 0 saturated carbocycles. The molecule has 2 aromatic rings. The van der Waals surface area contributed by atoms with Crippen molar-refractivity contribution in [3.05, 3.63) is 46.2 Å². The van der Waals surface area contributed by atoms with E-state index in [-0.39, 0.29) is 15.7 Å². The molecule has 0 aliphatic rings. The van der Waals surface area contributed by atoms with Crippen molar-refractivity contribution in [2.45, 2.75) is 0 Å². The predicted octanol–water partition coefficient (Wildman–Crippen LogP) is 0.299. The molecule has 8 nitrogen and oxygen atoms in total. The fourth-order valence-electron chi connectivity index (χ4n) is 1.36. The number of nitrogens with one attached hydrogen (secondary N) is 2. The Hall–Kier alpha value is -2.45. The van der Waals surface area contributed by atoms with Gasteiger partial charge in [-0.25, -0.2) is 4.98 Å². The molecule has 108 valence electrons. The van der Waals surface area contributed by atoms with E-state index in [1.165, 1.54) is 18.6 Å². The number of aromatic carboxylic acids is 1. The van der Waals surface area contributed by atoms with Gasteiger partial charge >= 0.3 is 0 Å². The summed E-state index contributed by atoms with van der Waals surface area (Å²) in [6.07, 6.45) is 4.94. The summed E-state index contributed by atoms with van der Waals surface area (Å²) in [4.78, 5) is 33.6. The van der Waals surface area contributed by atoms with E-state index in [0.29, 0.717) is 0 Å². The number of aromatic nitrogens is 3. The number of anilines is 1. The first kappa shape index (κ1) is 14.9. The van der Waals surface area contributed by atoms with Crippen molar-refractivity contribution in [1.29, 1.82) is 0 Å². The number of carbonyl (C=O) groups is 2. The third-order valence-corrected chi connectivity index (χ3v) is 2.83. The van der Waals surface area contributed by atoms with E-state index in [1.54, 1.807) is 0 Å².